The average molecular weight is 308 g/mol. The summed E-state index contributed by atoms with van der Waals surface area (Å²) in [5, 5.41) is 7.81. The van der Waals surface area contributed by atoms with Gasteiger partial charge in [0.05, 0.1) is 11.9 Å². The van der Waals surface area contributed by atoms with Crippen LogP contribution in [0.5, 0.6) is 0 Å². The molecule has 0 aliphatic rings. The van der Waals surface area contributed by atoms with Crippen molar-refractivity contribution in [2.24, 2.45) is 0 Å². The van der Waals surface area contributed by atoms with Crippen molar-refractivity contribution in [3.05, 3.63) is 46.2 Å². The summed E-state index contributed by atoms with van der Waals surface area (Å²) in [5.41, 5.74) is 3.52. The molecule has 0 aliphatic carbocycles. The molecule has 0 bridgehead atoms. The van der Waals surface area contributed by atoms with Crippen LogP contribution in [-0.2, 0) is 6.54 Å². The number of benzene rings is 1. The quantitative estimate of drug-likeness (QED) is 0.937. The maximum Gasteiger partial charge on any atom is 0.0675 e. The second-order valence-electron chi connectivity index (χ2n) is 4.76. The second-order valence-corrected chi connectivity index (χ2v) is 5.68. The monoisotopic (exact) mass is 307 g/mol. The Labute approximate surface area is 116 Å². The van der Waals surface area contributed by atoms with Crippen molar-refractivity contribution in [3.63, 3.8) is 0 Å². The summed E-state index contributed by atoms with van der Waals surface area (Å²) in [7, 11) is 0. The van der Waals surface area contributed by atoms with E-state index >= 15 is 0 Å². The Morgan fingerprint density at radius 1 is 1.39 bits per heavy atom. The highest BCUT2D eigenvalue weighted by Crippen LogP contribution is 2.19. The molecule has 0 spiro atoms. The van der Waals surface area contributed by atoms with Gasteiger partial charge in [0, 0.05) is 28.8 Å². The summed E-state index contributed by atoms with van der Waals surface area (Å²) in [6, 6.07) is 6.70. The Bertz CT molecular complexity index is 532. The molecule has 0 aliphatic heterocycles. The Morgan fingerprint density at radius 2 is 2.17 bits per heavy atom. The van der Waals surface area contributed by atoms with Crippen molar-refractivity contribution in [1.29, 1.82) is 0 Å². The molecule has 0 saturated carbocycles. The van der Waals surface area contributed by atoms with Gasteiger partial charge in [-0.25, -0.2) is 4.68 Å². The highest BCUT2D eigenvalue weighted by atomic mass is 79.9. The number of aromatic nitrogens is 2. The maximum atomic E-state index is 4.42. The fourth-order valence-corrected chi connectivity index (χ4v) is 2.26. The van der Waals surface area contributed by atoms with E-state index in [9.17, 15) is 0 Å². The van der Waals surface area contributed by atoms with E-state index in [0.29, 0.717) is 6.04 Å². The molecule has 96 valence electrons. The smallest absolute Gasteiger partial charge is 0.0675 e. The van der Waals surface area contributed by atoms with E-state index in [1.807, 2.05) is 16.9 Å². The molecule has 1 aromatic heterocycles. The first kappa shape index (κ1) is 13.3. The zero-order valence-corrected chi connectivity index (χ0v) is 12.5. The minimum absolute atomic E-state index is 0.489. The van der Waals surface area contributed by atoms with Gasteiger partial charge in [-0.3, -0.25) is 0 Å². The van der Waals surface area contributed by atoms with Crippen LogP contribution in [0.3, 0.4) is 0 Å². The average Bonchev–Trinajstić information content (AvgIpc) is 2.75. The van der Waals surface area contributed by atoms with Crippen LogP contribution in [-0.4, -0.2) is 15.8 Å². The maximum absolute atomic E-state index is 4.42. The van der Waals surface area contributed by atoms with E-state index in [0.717, 1.165) is 16.7 Å². The third-order valence-corrected chi connectivity index (χ3v) is 3.25. The van der Waals surface area contributed by atoms with Crippen LogP contribution in [0, 0.1) is 6.92 Å². The highest BCUT2D eigenvalue weighted by Gasteiger charge is 2.04. The van der Waals surface area contributed by atoms with E-state index in [4.69, 9.17) is 0 Å². The lowest BCUT2D eigenvalue weighted by Crippen LogP contribution is -2.21. The molecule has 0 atom stereocenters. The Hall–Kier alpha value is -1.13. The number of rotatable bonds is 4. The summed E-state index contributed by atoms with van der Waals surface area (Å²) < 4.78 is 3.02. The van der Waals surface area contributed by atoms with Crippen molar-refractivity contribution in [3.8, 4) is 5.69 Å². The van der Waals surface area contributed by atoms with Crippen molar-refractivity contribution >= 4 is 15.9 Å². The zero-order chi connectivity index (χ0) is 13.1. The van der Waals surface area contributed by atoms with Gasteiger partial charge in [-0.2, -0.15) is 5.10 Å². The molecule has 2 rings (SSSR count). The molecule has 1 N–H and O–H groups in total. The Balaban J connectivity index is 2.18. The van der Waals surface area contributed by atoms with Gasteiger partial charge in [-0.1, -0.05) is 29.8 Å². The van der Waals surface area contributed by atoms with Crippen LogP contribution in [0.2, 0.25) is 0 Å². The molecule has 1 heterocycles. The Kier molecular flexibility index (Phi) is 4.19. The number of aryl methyl sites for hydroxylation is 1. The molecule has 18 heavy (non-hydrogen) atoms. The molecule has 4 heteroatoms. The molecule has 0 fully saturated rings. The molecule has 0 unspecified atom stereocenters. The zero-order valence-electron chi connectivity index (χ0n) is 10.9. The molecule has 2 aromatic rings. The first-order valence-electron chi connectivity index (χ1n) is 6.09. The standard InChI is InChI=1S/C14H18BrN3/c1-10(2)16-7-12-8-17-18(9-12)14-5-4-13(15)6-11(14)3/h4-6,8-10,16H,7H2,1-3H3. The molecular weight excluding hydrogens is 290 g/mol. The van der Waals surface area contributed by atoms with Crippen molar-refractivity contribution in [2.75, 3.05) is 0 Å². The van der Waals surface area contributed by atoms with Gasteiger partial charge in [0.25, 0.3) is 0 Å². The number of nitrogens with one attached hydrogen (secondary N) is 1. The molecule has 0 saturated heterocycles. The van der Waals surface area contributed by atoms with Crippen molar-refractivity contribution in [1.82, 2.24) is 15.1 Å². The van der Waals surface area contributed by atoms with Crippen LogP contribution in [0.1, 0.15) is 25.0 Å². The second kappa shape index (κ2) is 5.67. The molecule has 0 radical (unpaired) electrons. The van der Waals surface area contributed by atoms with Gasteiger partial charge in [-0.05, 0) is 30.7 Å². The Morgan fingerprint density at radius 3 is 2.83 bits per heavy atom. The van der Waals surface area contributed by atoms with Crippen LogP contribution < -0.4 is 5.32 Å². The van der Waals surface area contributed by atoms with Crippen LogP contribution >= 0.6 is 15.9 Å². The van der Waals surface area contributed by atoms with E-state index in [-0.39, 0.29) is 0 Å². The first-order valence-corrected chi connectivity index (χ1v) is 6.89. The molecule has 3 nitrogen and oxygen atoms in total. The van der Waals surface area contributed by atoms with Crippen LogP contribution in [0.25, 0.3) is 5.69 Å². The summed E-state index contributed by atoms with van der Waals surface area (Å²) in [6.07, 6.45) is 3.99. The fraction of sp³-hybridized carbons (Fsp3) is 0.357. The predicted molar refractivity (Wildman–Crippen MR) is 78.0 cm³/mol. The summed E-state index contributed by atoms with van der Waals surface area (Å²) in [4.78, 5) is 0. The summed E-state index contributed by atoms with van der Waals surface area (Å²) in [5.74, 6) is 0. The van der Waals surface area contributed by atoms with Gasteiger partial charge in [0.1, 0.15) is 0 Å². The number of halogens is 1. The van der Waals surface area contributed by atoms with Crippen LogP contribution in [0.4, 0.5) is 0 Å². The summed E-state index contributed by atoms with van der Waals surface area (Å²) in [6.45, 7) is 7.23. The largest absolute Gasteiger partial charge is 0.310 e. The normalized spacial score (nSPS) is 11.2. The minimum atomic E-state index is 0.489. The third kappa shape index (κ3) is 3.21. The lowest BCUT2D eigenvalue weighted by atomic mass is 10.2. The molecule has 0 amide bonds. The number of nitrogens with zero attached hydrogens (tertiary/aromatic N) is 2. The number of hydrogen-bond acceptors (Lipinski definition) is 2. The number of hydrogen-bond donors (Lipinski definition) is 1. The third-order valence-electron chi connectivity index (χ3n) is 2.76. The van der Waals surface area contributed by atoms with Crippen molar-refractivity contribution < 1.29 is 0 Å². The van der Waals surface area contributed by atoms with Gasteiger partial charge in [0.2, 0.25) is 0 Å². The lowest BCUT2D eigenvalue weighted by Gasteiger charge is -2.07. The fourth-order valence-electron chi connectivity index (χ4n) is 1.78. The lowest BCUT2D eigenvalue weighted by molar-refractivity contribution is 0.589. The summed E-state index contributed by atoms with van der Waals surface area (Å²) >= 11 is 3.48. The first-order chi connectivity index (χ1) is 8.56. The van der Waals surface area contributed by atoms with Gasteiger partial charge >= 0.3 is 0 Å². The van der Waals surface area contributed by atoms with Gasteiger partial charge in [0.15, 0.2) is 0 Å². The highest BCUT2D eigenvalue weighted by molar-refractivity contribution is 9.10. The van der Waals surface area contributed by atoms with E-state index < -0.39 is 0 Å². The predicted octanol–water partition coefficient (Wildman–Crippen LogP) is 3.44. The molecule has 1 aromatic carbocycles. The van der Waals surface area contributed by atoms with E-state index in [1.165, 1.54) is 11.1 Å². The van der Waals surface area contributed by atoms with Gasteiger partial charge < -0.3 is 5.32 Å². The van der Waals surface area contributed by atoms with Crippen molar-refractivity contribution in [2.45, 2.75) is 33.4 Å². The van der Waals surface area contributed by atoms with E-state index in [2.05, 4.69) is 65.4 Å². The topological polar surface area (TPSA) is 29.9 Å². The van der Waals surface area contributed by atoms with E-state index in [1.54, 1.807) is 0 Å². The SMILES string of the molecule is Cc1cc(Br)ccc1-n1cc(CNC(C)C)cn1. The minimum Gasteiger partial charge on any atom is -0.310 e. The van der Waals surface area contributed by atoms with Gasteiger partial charge in [-0.15, -0.1) is 0 Å². The molecular formula is C14H18BrN3. The van der Waals surface area contributed by atoms with Crippen LogP contribution in [0.15, 0.2) is 35.1 Å².